The Kier molecular flexibility index (Phi) is 5.62. The van der Waals surface area contributed by atoms with E-state index in [0.717, 1.165) is 16.9 Å². The number of carbonyl (C=O) groups is 1. The van der Waals surface area contributed by atoms with E-state index in [1.807, 2.05) is 56.3 Å². The number of pyridine rings is 1. The van der Waals surface area contributed by atoms with Gasteiger partial charge in [-0.25, -0.2) is 4.98 Å². The Morgan fingerprint density at radius 3 is 2.41 bits per heavy atom. The van der Waals surface area contributed by atoms with Crippen LogP contribution in [0.3, 0.4) is 0 Å². The predicted octanol–water partition coefficient (Wildman–Crippen LogP) is 5.11. The van der Waals surface area contributed by atoms with Gasteiger partial charge in [0.2, 0.25) is 0 Å². The molecule has 2 aromatic carbocycles. The van der Waals surface area contributed by atoms with Gasteiger partial charge in [-0.2, -0.15) is 0 Å². The number of benzene rings is 2. The van der Waals surface area contributed by atoms with E-state index in [0.29, 0.717) is 22.1 Å². The molecule has 0 unspecified atom stereocenters. The lowest BCUT2D eigenvalue weighted by Gasteiger charge is -2.13. The molecule has 0 spiro atoms. The zero-order chi connectivity index (χ0) is 19.4. The highest BCUT2D eigenvalue weighted by molar-refractivity contribution is 6.31. The molecule has 3 aromatic rings. The first kappa shape index (κ1) is 18.7. The molecule has 0 aliphatic heterocycles. The van der Waals surface area contributed by atoms with Gasteiger partial charge in [-0.15, -0.1) is 0 Å². The van der Waals surface area contributed by atoms with Crippen molar-refractivity contribution in [2.45, 2.75) is 6.92 Å². The fourth-order valence-electron chi connectivity index (χ4n) is 2.52. The molecule has 3 rings (SSSR count). The average molecular weight is 381 g/mol. The predicted molar refractivity (Wildman–Crippen MR) is 112 cm³/mol. The topological polar surface area (TPSA) is 57.3 Å². The fourth-order valence-corrected chi connectivity index (χ4v) is 2.69. The summed E-state index contributed by atoms with van der Waals surface area (Å²) in [6, 6.07) is 16.9. The van der Waals surface area contributed by atoms with Gasteiger partial charge in [0.15, 0.2) is 0 Å². The maximum Gasteiger partial charge on any atom is 0.257 e. The molecule has 1 amide bonds. The Morgan fingerprint density at radius 1 is 1.04 bits per heavy atom. The van der Waals surface area contributed by atoms with Crippen LogP contribution in [0.2, 0.25) is 5.02 Å². The number of nitrogens with zero attached hydrogens (tertiary/aromatic N) is 2. The monoisotopic (exact) mass is 380 g/mol. The summed E-state index contributed by atoms with van der Waals surface area (Å²) in [4.78, 5) is 18.8. The quantitative estimate of drug-likeness (QED) is 0.646. The van der Waals surface area contributed by atoms with Crippen molar-refractivity contribution in [3.63, 3.8) is 0 Å². The van der Waals surface area contributed by atoms with Crippen molar-refractivity contribution in [1.82, 2.24) is 4.98 Å². The molecule has 0 atom stereocenters. The molecular weight excluding hydrogens is 360 g/mol. The maximum atomic E-state index is 12.4. The van der Waals surface area contributed by atoms with Gasteiger partial charge in [-0.05, 0) is 61.0 Å². The van der Waals surface area contributed by atoms with Gasteiger partial charge >= 0.3 is 0 Å². The van der Waals surface area contributed by atoms with Crippen LogP contribution in [0.15, 0.2) is 60.8 Å². The van der Waals surface area contributed by atoms with Crippen LogP contribution in [0.1, 0.15) is 15.9 Å². The summed E-state index contributed by atoms with van der Waals surface area (Å²) in [6.45, 7) is 1.92. The van der Waals surface area contributed by atoms with Crippen molar-refractivity contribution in [3.8, 4) is 0 Å². The third-order valence-electron chi connectivity index (χ3n) is 4.13. The van der Waals surface area contributed by atoms with Gasteiger partial charge < -0.3 is 15.5 Å². The van der Waals surface area contributed by atoms with E-state index < -0.39 is 0 Å². The van der Waals surface area contributed by atoms with Crippen LogP contribution in [0, 0.1) is 6.92 Å². The lowest BCUT2D eigenvalue weighted by atomic mass is 10.2. The third-order valence-corrected chi connectivity index (χ3v) is 4.36. The van der Waals surface area contributed by atoms with Crippen LogP contribution in [0.5, 0.6) is 0 Å². The number of rotatable bonds is 5. The normalized spacial score (nSPS) is 10.4. The van der Waals surface area contributed by atoms with Gasteiger partial charge in [0.25, 0.3) is 5.91 Å². The minimum Gasteiger partial charge on any atom is -0.378 e. The highest BCUT2D eigenvalue weighted by Crippen LogP contribution is 2.22. The molecule has 0 bridgehead atoms. The Labute approximate surface area is 164 Å². The van der Waals surface area contributed by atoms with E-state index in [-0.39, 0.29) is 5.91 Å². The number of aromatic nitrogens is 1. The van der Waals surface area contributed by atoms with Gasteiger partial charge in [-0.3, -0.25) is 4.79 Å². The number of carbonyl (C=O) groups excluding carboxylic acids is 1. The van der Waals surface area contributed by atoms with Crippen LogP contribution < -0.4 is 15.5 Å². The summed E-state index contributed by atoms with van der Waals surface area (Å²) in [7, 11) is 4.00. The number of halogens is 1. The first-order valence-electron chi connectivity index (χ1n) is 8.50. The van der Waals surface area contributed by atoms with Crippen LogP contribution in [-0.4, -0.2) is 25.0 Å². The van der Waals surface area contributed by atoms with Crippen LogP contribution >= 0.6 is 11.6 Å². The molecule has 0 saturated heterocycles. The minimum atomic E-state index is -0.227. The molecule has 2 N–H and O–H groups in total. The molecule has 5 nitrogen and oxygen atoms in total. The number of anilines is 4. The number of aryl methyl sites for hydroxylation is 1. The third kappa shape index (κ3) is 4.77. The molecule has 27 heavy (non-hydrogen) atoms. The van der Waals surface area contributed by atoms with Crippen molar-refractivity contribution in [3.05, 3.63) is 76.9 Å². The summed E-state index contributed by atoms with van der Waals surface area (Å²) in [5.41, 5.74) is 4.16. The molecule has 0 radical (unpaired) electrons. The highest BCUT2D eigenvalue weighted by atomic mass is 35.5. The van der Waals surface area contributed by atoms with Crippen molar-refractivity contribution in [2.75, 3.05) is 29.6 Å². The number of hydrogen-bond acceptors (Lipinski definition) is 4. The summed E-state index contributed by atoms with van der Waals surface area (Å²) in [5.74, 6) is 0.442. The second kappa shape index (κ2) is 8.10. The Bertz CT molecular complexity index is 937. The molecule has 0 saturated carbocycles. The molecule has 0 fully saturated rings. The molecule has 0 aliphatic carbocycles. The second-order valence-corrected chi connectivity index (χ2v) is 6.85. The summed E-state index contributed by atoms with van der Waals surface area (Å²) in [6.07, 6.45) is 1.55. The lowest BCUT2D eigenvalue weighted by Crippen LogP contribution is -2.13. The largest absolute Gasteiger partial charge is 0.378 e. The van der Waals surface area contributed by atoms with Crippen LogP contribution in [-0.2, 0) is 0 Å². The van der Waals surface area contributed by atoms with Crippen LogP contribution in [0.25, 0.3) is 0 Å². The second-order valence-electron chi connectivity index (χ2n) is 6.41. The van der Waals surface area contributed by atoms with Crippen molar-refractivity contribution in [2.24, 2.45) is 0 Å². The highest BCUT2D eigenvalue weighted by Gasteiger charge is 2.09. The Balaban J connectivity index is 1.67. The zero-order valence-corrected chi connectivity index (χ0v) is 16.2. The lowest BCUT2D eigenvalue weighted by molar-refractivity contribution is 0.102. The Hall–Kier alpha value is -3.05. The summed E-state index contributed by atoms with van der Waals surface area (Å²) < 4.78 is 0. The van der Waals surface area contributed by atoms with E-state index >= 15 is 0 Å². The molecule has 0 aliphatic rings. The minimum absolute atomic E-state index is 0.227. The fraction of sp³-hybridized carbons (Fsp3) is 0.143. The molecular formula is C21H21ClN4O. The first-order chi connectivity index (χ1) is 12.9. The van der Waals surface area contributed by atoms with E-state index in [1.54, 1.807) is 30.5 Å². The molecule has 1 heterocycles. The van der Waals surface area contributed by atoms with Crippen molar-refractivity contribution < 1.29 is 4.79 Å². The standard InChI is InChI=1S/C21H21ClN4O/c1-14-4-6-16(22)12-19(14)25-21(27)15-5-11-20(23-13-15)24-17-7-9-18(10-8-17)26(2)3/h4-13H,1-3H3,(H,23,24)(H,25,27). The van der Waals surface area contributed by atoms with E-state index in [2.05, 4.69) is 15.6 Å². The van der Waals surface area contributed by atoms with E-state index in [4.69, 9.17) is 11.6 Å². The smallest absolute Gasteiger partial charge is 0.257 e. The number of hydrogen-bond donors (Lipinski definition) is 2. The summed E-state index contributed by atoms with van der Waals surface area (Å²) >= 11 is 6.00. The van der Waals surface area contributed by atoms with Gasteiger partial charge in [0, 0.05) is 42.4 Å². The molecule has 1 aromatic heterocycles. The molecule has 138 valence electrons. The van der Waals surface area contributed by atoms with E-state index in [1.165, 1.54) is 0 Å². The zero-order valence-electron chi connectivity index (χ0n) is 15.5. The number of nitrogens with one attached hydrogen (secondary N) is 2. The maximum absolute atomic E-state index is 12.4. The molecule has 6 heteroatoms. The van der Waals surface area contributed by atoms with Crippen molar-refractivity contribution in [1.29, 1.82) is 0 Å². The Morgan fingerprint density at radius 2 is 1.78 bits per heavy atom. The van der Waals surface area contributed by atoms with Crippen molar-refractivity contribution >= 4 is 40.4 Å². The SMILES string of the molecule is Cc1ccc(Cl)cc1NC(=O)c1ccc(Nc2ccc(N(C)C)cc2)nc1. The van der Waals surface area contributed by atoms with Crippen LogP contribution in [0.4, 0.5) is 22.9 Å². The van der Waals surface area contributed by atoms with Gasteiger partial charge in [0.1, 0.15) is 5.82 Å². The van der Waals surface area contributed by atoms with Gasteiger partial charge in [0.05, 0.1) is 5.56 Å². The van der Waals surface area contributed by atoms with Gasteiger partial charge in [-0.1, -0.05) is 17.7 Å². The summed E-state index contributed by atoms with van der Waals surface area (Å²) in [5, 5.41) is 6.67. The average Bonchev–Trinajstić information content (AvgIpc) is 2.65. The number of amides is 1. The van der Waals surface area contributed by atoms with E-state index in [9.17, 15) is 4.79 Å². The first-order valence-corrected chi connectivity index (χ1v) is 8.88.